The third-order valence-electron chi connectivity index (χ3n) is 4.58. The predicted octanol–water partition coefficient (Wildman–Crippen LogP) is 3.29. The lowest BCUT2D eigenvalue weighted by Gasteiger charge is -2.20. The number of carbonyl (C=O) groups is 1. The molecule has 3 N–H and O–H groups in total. The molecule has 150 valence electrons. The van der Waals surface area contributed by atoms with Crippen molar-refractivity contribution in [3.05, 3.63) is 53.6 Å². The molecule has 0 unspecified atom stereocenters. The molecule has 0 aliphatic carbocycles. The molecule has 0 radical (unpaired) electrons. The van der Waals surface area contributed by atoms with Crippen molar-refractivity contribution in [1.29, 1.82) is 0 Å². The molecule has 7 nitrogen and oxygen atoms in total. The monoisotopic (exact) mass is 402 g/mol. The van der Waals surface area contributed by atoms with Crippen molar-refractivity contribution in [2.75, 3.05) is 34.3 Å². The fourth-order valence-electron chi connectivity index (χ4n) is 3.36. The molecule has 2 aromatic carbocycles. The van der Waals surface area contributed by atoms with Crippen LogP contribution in [0.5, 0.6) is 0 Å². The zero-order chi connectivity index (χ0) is 20.1. The van der Waals surface area contributed by atoms with Crippen LogP contribution in [0.25, 0.3) is 0 Å². The number of nitrogens with zero attached hydrogens (tertiary/aromatic N) is 1. The van der Waals surface area contributed by atoms with E-state index in [9.17, 15) is 13.2 Å². The molecule has 0 aromatic heterocycles. The van der Waals surface area contributed by atoms with Gasteiger partial charge in [0.1, 0.15) is 0 Å². The second-order valence-electron chi connectivity index (χ2n) is 7.08. The molecule has 0 atom stereocenters. The van der Waals surface area contributed by atoms with Crippen LogP contribution >= 0.6 is 0 Å². The van der Waals surface area contributed by atoms with Crippen LogP contribution in [0.15, 0.2) is 42.5 Å². The van der Waals surface area contributed by atoms with E-state index in [1.165, 1.54) is 18.5 Å². The SMILES string of the molecule is Cc1cc(NC(=O)NCc2cccc(NS(C)(=O)=O)c2)ccc1N1CCCC1. The fourth-order valence-corrected chi connectivity index (χ4v) is 3.92. The highest BCUT2D eigenvalue weighted by Crippen LogP contribution is 2.26. The second kappa shape index (κ2) is 8.52. The first kappa shape index (κ1) is 20.0. The molecule has 3 rings (SSSR count). The highest BCUT2D eigenvalue weighted by atomic mass is 32.2. The average molecular weight is 403 g/mol. The van der Waals surface area contributed by atoms with Crippen molar-refractivity contribution < 1.29 is 13.2 Å². The number of hydrogen-bond donors (Lipinski definition) is 3. The van der Waals surface area contributed by atoms with Crippen LogP contribution in [0.3, 0.4) is 0 Å². The predicted molar refractivity (Wildman–Crippen MR) is 113 cm³/mol. The molecule has 1 aliphatic rings. The van der Waals surface area contributed by atoms with Gasteiger partial charge in [-0.3, -0.25) is 4.72 Å². The van der Waals surface area contributed by atoms with E-state index >= 15 is 0 Å². The van der Waals surface area contributed by atoms with Crippen molar-refractivity contribution in [1.82, 2.24) is 5.32 Å². The summed E-state index contributed by atoms with van der Waals surface area (Å²) < 4.78 is 25.1. The van der Waals surface area contributed by atoms with Gasteiger partial charge in [-0.2, -0.15) is 0 Å². The fraction of sp³-hybridized carbons (Fsp3) is 0.350. The molecule has 0 spiro atoms. The maximum Gasteiger partial charge on any atom is 0.319 e. The normalized spacial score (nSPS) is 14.0. The minimum absolute atomic E-state index is 0.288. The Hall–Kier alpha value is -2.74. The van der Waals surface area contributed by atoms with Crippen molar-refractivity contribution >= 4 is 33.1 Å². The van der Waals surface area contributed by atoms with Gasteiger partial charge in [-0.1, -0.05) is 12.1 Å². The van der Waals surface area contributed by atoms with Crippen molar-refractivity contribution in [2.24, 2.45) is 0 Å². The van der Waals surface area contributed by atoms with Gasteiger partial charge in [0.2, 0.25) is 10.0 Å². The van der Waals surface area contributed by atoms with E-state index in [2.05, 4.69) is 33.2 Å². The summed E-state index contributed by atoms with van der Waals surface area (Å²) in [6.07, 6.45) is 3.55. The maximum atomic E-state index is 12.2. The molecule has 1 fully saturated rings. The Kier molecular flexibility index (Phi) is 6.08. The summed E-state index contributed by atoms with van der Waals surface area (Å²) in [5, 5.41) is 5.63. The molecule has 1 aliphatic heterocycles. The summed E-state index contributed by atoms with van der Waals surface area (Å²) in [4.78, 5) is 14.6. The molecule has 2 amide bonds. The molecule has 0 bridgehead atoms. The van der Waals surface area contributed by atoms with Crippen LogP contribution in [-0.2, 0) is 16.6 Å². The lowest BCUT2D eigenvalue weighted by molar-refractivity contribution is 0.251. The highest BCUT2D eigenvalue weighted by Gasteiger charge is 2.14. The number of aryl methyl sites for hydroxylation is 1. The van der Waals surface area contributed by atoms with Crippen LogP contribution in [0.1, 0.15) is 24.0 Å². The number of rotatable bonds is 6. The summed E-state index contributed by atoms with van der Waals surface area (Å²) in [7, 11) is -3.33. The molecule has 2 aromatic rings. The highest BCUT2D eigenvalue weighted by molar-refractivity contribution is 7.92. The molecule has 0 saturated carbocycles. The van der Waals surface area contributed by atoms with E-state index in [0.29, 0.717) is 5.69 Å². The number of benzene rings is 2. The van der Waals surface area contributed by atoms with Gasteiger partial charge in [-0.15, -0.1) is 0 Å². The van der Waals surface area contributed by atoms with Crippen LogP contribution in [-0.4, -0.2) is 33.8 Å². The van der Waals surface area contributed by atoms with E-state index in [1.54, 1.807) is 18.2 Å². The third-order valence-corrected chi connectivity index (χ3v) is 5.19. The number of urea groups is 1. The third kappa shape index (κ3) is 5.63. The van der Waals surface area contributed by atoms with Gasteiger partial charge >= 0.3 is 6.03 Å². The van der Waals surface area contributed by atoms with Gasteiger partial charge in [0, 0.05) is 36.7 Å². The first-order valence-electron chi connectivity index (χ1n) is 9.27. The second-order valence-corrected chi connectivity index (χ2v) is 8.83. The first-order chi connectivity index (χ1) is 13.3. The number of carbonyl (C=O) groups excluding carboxylic acids is 1. The van der Waals surface area contributed by atoms with E-state index in [1.807, 2.05) is 18.2 Å². The van der Waals surface area contributed by atoms with Crippen molar-refractivity contribution in [3.63, 3.8) is 0 Å². The van der Waals surface area contributed by atoms with Gasteiger partial charge in [-0.25, -0.2) is 13.2 Å². The van der Waals surface area contributed by atoms with Gasteiger partial charge in [0.25, 0.3) is 0 Å². The number of amides is 2. The van der Waals surface area contributed by atoms with Gasteiger partial charge in [-0.05, 0) is 61.2 Å². The van der Waals surface area contributed by atoms with Crippen LogP contribution < -0.4 is 20.3 Å². The number of sulfonamides is 1. The van der Waals surface area contributed by atoms with Crippen LogP contribution in [0.2, 0.25) is 0 Å². The Morgan fingerprint density at radius 1 is 1.07 bits per heavy atom. The standard InChI is InChI=1S/C20H26N4O3S/c1-15-12-17(8-9-19(15)24-10-3-4-11-24)22-20(25)21-14-16-6-5-7-18(13-16)23-28(2,26)27/h5-9,12-13,23H,3-4,10-11,14H2,1-2H3,(H2,21,22,25). The summed E-state index contributed by atoms with van der Waals surface area (Å²) >= 11 is 0. The topological polar surface area (TPSA) is 90.5 Å². The summed E-state index contributed by atoms with van der Waals surface area (Å²) in [5.41, 5.74) is 4.36. The summed E-state index contributed by atoms with van der Waals surface area (Å²) in [5.74, 6) is 0. The molecule has 1 heterocycles. The molecule has 1 saturated heterocycles. The number of anilines is 3. The number of hydrogen-bond acceptors (Lipinski definition) is 4. The quantitative estimate of drug-likeness (QED) is 0.692. The Morgan fingerprint density at radius 2 is 1.82 bits per heavy atom. The van der Waals surface area contributed by atoms with Gasteiger partial charge < -0.3 is 15.5 Å². The minimum Gasteiger partial charge on any atom is -0.371 e. The Balaban J connectivity index is 1.56. The van der Waals surface area contributed by atoms with Gasteiger partial charge in [0.15, 0.2) is 0 Å². The maximum absolute atomic E-state index is 12.2. The van der Waals surface area contributed by atoms with Crippen molar-refractivity contribution in [3.8, 4) is 0 Å². The van der Waals surface area contributed by atoms with Gasteiger partial charge in [0.05, 0.1) is 6.26 Å². The van der Waals surface area contributed by atoms with E-state index in [-0.39, 0.29) is 12.6 Å². The van der Waals surface area contributed by atoms with Crippen LogP contribution in [0, 0.1) is 6.92 Å². The smallest absolute Gasteiger partial charge is 0.319 e. The average Bonchev–Trinajstić information content (AvgIpc) is 3.13. The Labute approximate surface area is 166 Å². The lowest BCUT2D eigenvalue weighted by atomic mass is 10.1. The number of nitrogens with one attached hydrogen (secondary N) is 3. The Morgan fingerprint density at radius 3 is 2.50 bits per heavy atom. The summed E-state index contributed by atoms with van der Waals surface area (Å²) in [6, 6.07) is 12.5. The minimum atomic E-state index is -3.33. The molecular formula is C20H26N4O3S. The zero-order valence-corrected chi connectivity index (χ0v) is 17.0. The lowest BCUT2D eigenvalue weighted by Crippen LogP contribution is -2.28. The zero-order valence-electron chi connectivity index (χ0n) is 16.2. The first-order valence-corrected chi connectivity index (χ1v) is 11.2. The van der Waals surface area contributed by atoms with E-state index in [4.69, 9.17) is 0 Å². The van der Waals surface area contributed by atoms with Crippen LogP contribution in [0.4, 0.5) is 21.9 Å². The van der Waals surface area contributed by atoms with Crippen molar-refractivity contribution in [2.45, 2.75) is 26.3 Å². The largest absolute Gasteiger partial charge is 0.371 e. The summed E-state index contributed by atoms with van der Waals surface area (Å²) in [6.45, 7) is 4.51. The Bertz CT molecular complexity index is 954. The molecule has 28 heavy (non-hydrogen) atoms. The molecule has 8 heteroatoms. The van der Waals surface area contributed by atoms with E-state index in [0.717, 1.165) is 36.2 Å². The van der Waals surface area contributed by atoms with E-state index < -0.39 is 10.0 Å². The molecular weight excluding hydrogens is 376 g/mol.